The maximum absolute atomic E-state index is 13.8. The number of benzene rings is 2. The molecule has 2 heterocycles. The Kier molecular flexibility index (Phi) is 10.2. The zero-order valence-corrected chi connectivity index (χ0v) is 25.5. The maximum Gasteiger partial charge on any atom is 0.432 e. The molecule has 0 fully saturated rings. The summed E-state index contributed by atoms with van der Waals surface area (Å²) < 4.78 is 66.8. The lowest BCUT2D eigenvalue weighted by atomic mass is 10.1. The van der Waals surface area contributed by atoms with E-state index in [0.717, 1.165) is 4.31 Å². The van der Waals surface area contributed by atoms with E-state index < -0.39 is 45.1 Å². The van der Waals surface area contributed by atoms with E-state index >= 15 is 0 Å². The summed E-state index contributed by atoms with van der Waals surface area (Å²) in [7, 11) is 0.986. The van der Waals surface area contributed by atoms with Crippen molar-refractivity contribution in [3.05, 3.63) is 64.9 Å². The molecule has 2 aromatic carbocycles. The van der Waals surface area contributed by atoms with Crippen molar-refractivity contribution >= 4 is 33.5 Å². The van der Waals surface area contributed by atoms with Crippen LogP contribution in [0.1, 0.15) is 28.5 Å². The molecule has 0 radical (unpaired) electrons. The molecule has 0 unspecified atom stereocenters. The maximum atomic E-state index is 13.8. The van der Waals surface area contributed by atoms with Crippen LogP contribution < -0.4 is 15.4 Å². The number of hydrogen-bond donors (Lipinski definition) is 3. The van der Waals surface area contributed by atoms with E-state index in [1.54, 1.807) is 19.2 Å². The zero-order valence-electron chi connectivity index (χ0n) is 24.6. The zero-order chi connectivity index (χ0) is 32.2. The molecule has 4 rings (SSSR count). The number of nitrogens with one attached hydrogen (secondary N) is 2. The van der Waals surface area contributed by atoms with Crippen molar-refractivity contribution in [1.29, 1.82) is 0 Å². The molecule has 1 atom stereocenters. The molecule has 0 saturated carbocycles. The minimum absolute atomic E-state index is 0.0815. The van der Waals surface area contributed by atoms with Crippen LogP contribution in [0.15, 0.2) is 41.3 Å². The number of amides is 1. The predicted molar refractivity (Wildman–Crippen MR) is 157 cm³/mol. The van der Waals surface area contributed by atoms with E-state index in [0.29, 0.717) is 54.1 Å². The highest BCUT2D eigenvalue weighted by atomic mass is 32.2. The van der Waals surface area contributed by atoms with E-state index in [4.69, 9.17) is 9.47 Å². The predicted octanol–water partition coefficient (Wildman–Crippen LogP) is 3.07. The quantitative estimate of drug-likeness (QED) is 0.270. The number of ether oxygens (including phenoxy) is 2. The number of halogens is 2. The lowest BCUT2D eigenvalue weighted by Gasteiger charge is -2.27. The fourth-order valence-electron chi connectivity index (χ4n) is 4.69. The standard InChI is InChI=1S/C28H34F2N6O7S/c1-17(16-42-4)31-24-14-20(43-10-9-34(2)3)5-6-22(24)27(37)32-26-23-15-35(8-7-25(23)36(33-26)28(38)39)44(40,41)21-12-18(29)11-19(30)13-21/h5-6,11-14,17,31H,7-10,15-16H2,1-4H3,(H,38,39)(H,32,33,37)/t17-/m1/s1. The number of aromatic nitrogens is 2. The van der Waals surface area contributed by atoms with Crippen molar-refractivity contribution in [3.8, 4) is 5.75 Å². The van der Waals surface area contributed by atoms with Gasteiger partial charge in [-0.2, -0.15) is 8.99 Å². The molecule has 3 aromatic rings. The van der Waals surface area contributed by atoms with Crippen molar-refractivity contribution < 1.29 is 41.4 Å². The number of fused-ring (bicyclic) bond motifs is 1. The molecule has 0 spiro atoms. The molecule has 238 valence electrons. The Labute approximate surface area is 253 Å². The Balaban J connectivity index is 1.65. The Hall–Kier alpha value is -4.12. The van der Waals surface area contributed by atoms with Gasteiger partial charge in [-0.3, -0.25) is 4.79 Å². The highest BCUT2D eigenvalue weighted by Gasteiger charge is 2.35. The molecule has 16 heteroatoms. The number of methoxy groups -OCH3 is 1. The minimum Gasteiger partial charge on any atom is -0.492 e. The molecular weight excluding hydrogens is 602 g/mol. The Morgan fingerprint density at radius 2 is 1.86 bits per heavy atom. The van der Waals surface area contributed by atoms with Gasteiger partial charge in [-0.05, 0) is 45.3 Å². The summed E-state index contributed by atoms with van der Waals surface area (Å²) in [6.07, 6.45) is -1.51. The smallest absolute Gasteiger partial charge is 0.432 e. The average molecular weight is 637 g/mol. The first-order chi connectivity index (χ1) is 20.8. The molecule has 0 bridgehead atoms. The van der Waals surface area contributed by atoms with Crippen LogP contribution >= 0.6 is 0 Å². The largest absolute Gasteiger partial charge is 0.492 e. The van der Waals surface area contributed by atoms with Gasteiger partial charge in [-0.15, -0.1) is 5.10 Å². The lowest BCUT2D eigenvalue weighted by molar-refractivity contribution is 0.102. The summed E-state index contributed by atoms with van der Waals surface area (Å²) in [5.41, 5.74) is 0.917. The molecule has 1 aromatic heterocycles. The monoisotopic (exact) mass is 636 g/mol. The number of rotatable bonds is 12. The summed E-state index contributed by atoms with van der Waals surface area (Å²) in [6.45, 7) is 2.70. The van der Waals surface area contributed by atoms with Gasteiger partial charge in [0.1, 0.15) is 24.0 Å². The van der Waals surface area contributed by atoms with Gasteiger partial charge >= 0.3 is 6.09 Å². The summed E-state index contributed by atoms with van der Waals surface area (Å²) in [5, 5.41) is 19.6. The molecule has 13 nitrogen and oxygen atoms in total. The Morgan fingerprint density at radius 3 is 2.50 bits per heavy atom. The number of sulfonamides is 1. The van der Waals surface area contributed by atoms with Gasteiger partial charge in [0.05, 0.1) is 28.4 Å². The van der Waals surface area contributed by atoms with Crippen molar-refractivity contribution in [2.75, 3.05) is 58.1 Å². The second kappa shape index (κ2) is 13.7. The number of carbonyl (C=O) groups excluding carboxylic acids is 1. The van der Waals surface area contributed by atoms with Crippen LogP contribution in [0.2, 0.25) is 0 Å². The molecule has 1 aliphatic rings. The van der Waals surface area contributed by atoms with Crippen molar-refractivity contribution in [1.82, 2.24) is 19.0 Å². The fourth-order valence-corrected chi connectivity index (χ4v) is 6.15. The van der Waals surface area contributed by atoms with E-state index in [-0.39, 0.29) is 41.6 Å². The molecule has 1 amide bonds. The van der Waals surface area contributed by atoms with Gasteiger partial charge in [-0.1, -0.05) is 0 Å². The summed E-state index contributed by atoms with van der Waals surface area (Å²) in [4.78, 5) is 26.9. The van der Waals surface area contributed by atoms with E-state index in [2.05, 4.69) is 15.7 Å². The van der Waals surface area contributed by atoms with E-state index in [1.165, 1.54) is 6.07 Å². The normalized spacial score (nSPS) is 14.2. The number of carboxylic acid groups (broad SMARTS) is 1. The van der Waals surface area contributed by atoms with E-state index in [1.807, 2.05) is 25.9 Å². The van der Waals surface area contributed by atoms with E-state index in [9.17, 15) is 31.9 Å². The Morgan fingerprint density at radius 1 is 1.16 bits per heavy atom. The number of carbonyl (C=O) groups is 2. The number of hydrogen-bond acceptors (Lipinski definition) is 9. The van der Waals surface area contributed by atoms with Gasteiger partial charge in [0.25, 0.3) is 5.91 Å². The van der Waals surface area contributed by atoms with Crippen LogP contribution in [-0.2, 0) is 27.7 Å². The Bertz CT molecular complexity index is 1630. The molecular formula is C28H34F2N6O7S. The first-order valence-corrected chi connectivity index (χ1v) is 15.0. The minimum atomic E-state index is -4.38. The topological polar surface area (TPSA) is 155 Å². The van der Waals surface area contributed by atoms with Gasteiger partial charge < -0.3 is 30.1 Å². The summed E-state index contributed by atoms with van der Waals surface area (Å²) in [6, 6.07) is 6.57. The summed E-state index contributed by atoms with van der Waals surface area (Å²) in [5.74, 6) is -2.43. The van der Waals surface area contributed by atoms with Crippen molar-refractivity contribution in [2.45, 2.75) is 30.8 Å². The third kappa shape index (κ3) is 7.50. The molecule has 0 aliphatic carbocycles. The van der Waals surface area contributed by atoms with Crippen molar-refractivity contribution in [2.24, 2.45) is 0 Å². The second-order valence-electron chi connectivity index (χ2n) is 10.5. The van der Waals surface area contributed by atoms with Gasteiger partial charge in [0.2, 0.25) is 10.0 Å². The molecule has 0 saturated heterocycles. The number of likely N-dealkylation sites (N-methyl/N-ethyl adjacent to an activating group) is 1. The van der Waals surface area contributed by atoms with Crippen LogP contribution in [0, 0.1) is 11.6 Å². The molecule has 3 N–H and O–H groups in total. The lowest BCUT2D eigenvalue weighted by Crippen LogP contribution is -2.37. The van der Waals surface area contributed by atoms with Gasteiger partial charge in [-0.25, -0.2) is 22.0 Å². The number of anilines is 2. The first kappa shape index (κ1) is 32.8. The number of nitrogens with zero attached hydrogens (tertiary/aromatic N) is 4. The highest BCUT2D eigenvalue weighted by molar-refractivity contribution is 7.89. The van der Waals surface area contributed by atoms with Crippen LogP contribution in [-0.4, -0.2) is 98.1 Å². The third-order valence-electron chi connectivity index (χ3n) is 6.77. The van der Waals surface area contributed by atoms with Crippen LogP contribution in [0.3, 0.4) is 0 Å². The summed E-state index contributed by atoms with van der Waals surface area (Å²) >= 11 is 0. The van der Waals surface area contributed by atoms with Crippen LogP contribution in [0.5, 0.6) is 5.75 Å². The van der Waals surface area contributed by atoms with Crippen molar-refractivity contribution in [3.63, 3.8) is 0 Å². The first-order valence-electron chi connectivity index (χ1n) is 13.6. The van der Waals surface area contributed by atoms with Gasteiger partial charge in [0, 0.05) is 56.9 Å². The third-order valence-corrected chi connectivity index (χ3v) is 8.59. The van der Waals surface area contributed by atoms with Crippen LogP contribution in [0.25, 0.3) is 0 Å². The highest BCUT2D eigenvalue weighted by Crippen LogP contribution is 2.31. The average Bonchev–Trinajstić information content (AvgIpc) is 3.30. The van der Waals surface area contributed by atoms with Crippen LogP contribution in [0.4, 0.5) is 25.1 Å². The fraction of sp³-hybridized carbons (Fsp3) is 0.393. The SMILES string of the molecule is COC[C@@H](C)Nc1cc(OCCN(C)C)ccc1C(=O)Nc1nn(C(=O)O)c2c1CN(S(=O)(=O)c1cc(F)cc(F)c1)CC2. The van der Waals surface area contributed by atoms with Gasteiger partial charge in [0.15, 0.2) is 5.82 Å². The molecule has 44 heavy (non-hydrogen) atoms. The second-order valence-corrected chi connectivity index (χ2v) is 12.4. The molecule has 1 aliphatic heterocycles.